The van der Waals surface area contributed by atoms with Crippen LogP contribution >= 0.6 is 0 Å². The second-order valence-electron chi connectivity index (χ2n) is 6.42. The van der Waals surface area contributed by atoms with E-state index < -0.39 is 10.0 Å². The van der Waals surface area contributed by atoms with E-state index in [0.717, 1.165) is 24.9 Å². The van der Waals surface area contributed by atoms with Gasteiger partial charge in [0.1, 0.15) is 0 Å². The van der Waals surface area contributed by atoms with E-state index in [2.05, 4.69) is 0 Å². The van der Waals surface area contributed by atoms with Crippen LogP contribution in [0.25, 0.3) is 0 Å². The quantitative estimate of drug-likeness (QED) is 0.852. The Morgan fingerprint density at radius 1 is 0.955 bits per heavy atom. The Morgan fingerprint density at radius 2 is 1.68 bits per heavy atom. The van der Waals surface area contributed by atoms with Gasteiger partial charge in [-0.25, -0.2) is 8.42 Å². The zero-order chi connectivity index (χ0) is 15.3. The van der Waals surface area contributed by atoms with Gasteiger partial charge in [-0.3, -0.25) is 4.79 Å². The van der Waals surface area contributed by atoms with Crippen LogP contribution in [-0.2, 0) is 14.8 Å². The predicted octanol–water partition coefficient (Wildman–Crippen LogP) is 1.75. The highest BCUT2D eigenvalue weighted by atomic mass is 32.2. The van der Waals surface area contributed by atoms with Crippen molar-refractivity contribution < 1.29 is 13.2 Å². The van der Waals surface area contributed by atoms with Gasteiger partial charge in [-0.1, -0.05) is 18.2 Å². The number of para-hydroxylation sites is 1. The summed E-state index contributed by atoms with van der Waals surface area (Å²) in [5, 5.41) is -0.172. The number of anilines is 1. The summed E-state index contributed by atoms with van der Waals surface area (Å²) in [4.78, 5) is 14.2. The minimum atomic E-state index is -3.16. The van der Waals surface area contributed by atoms with E-state index in [-0.39, 0.29) is 23.2 Å². The van der Waals surface area contributed by atoms with E-state index in [1.807, 2.05) is 35.2 Å². The van der Waals surface area contributed by atoms with Crippen LogP contribution in [0.4, 0.5) is 5.69 Å². The topological polar surface area (TPSA) is 57.7 Å². The fourth-order valence-corrected chi connectivity index (χ4v) is 5.92. The summed E-state index contributed by atoms with van der Waals surface area (Å²) in [6.45, 7) is 0.546. The van der Waals surface area contributed by atoms with Crippen molar-refractivity contribution in [3.05, 3.63) is 30.3 Å². The SMILES string of the molecule is O=C1CC[C@H]2[C@H](CCN2S(=O)(=O)C2CC2)N1c1ccccc1. The first-order valence-corrected chi connectivity index (χ1v) is 9.47. The van der Waals surface area contributed by atoms with Gasteiger partial charge in [0.25, 0.3) is 0 Å². The second kappa shape index (κ2) is 5.06. The normalized spacial score (nSPS) is 29.6. The molecule has 2 atom stereocenters. The molecule has 1 aromatic carbocycles. The maximum absolute atomic E-state index is 12.6. The Bertz CT molecular complexity index is 685. The van der Waals surface area contributed by atoms with Crippen molar-refractivity contribution >= 4 is 21.6 Å². The van der Waals surface area contributed by atoms with Gasteiger partial charge in [-0.05, 0) is 37.8 Å². The van der Waals surface area contributed by atoms with Crippen LogP contribution in [0.3, 0.4) is 0 Å². The largest absolute Gasteiger partial charge is 0.308 e. The van der Waals surface area contributed by atoms with Gasteiger partial charge in [0.15, 0.2) is 0 Å². The summed E-state index contributed by atoms with van der Waals surface area (Å²) < 4.78 is 26.9. The minimum absolute atomic E-state index is 0.0165. The summed E-state index contributed by atoms with van der Waals surface area (Å²) in [5.74, 6) is 0.109. The number of piperidine rings is 1. The molecule has 2 heterocycles. The van der Waals surface area contributed by atoms with E-state index in [0.29, 0.717) is 19.4 Å². The first kappa shape index (κ1) is 14.2. The molecule has 0 aromatic heterocycles. The Morgan fingerprint density at radius 3 is 2.36 bits per heavy atom. The van der Waals surface area contributed by atoms with Crippen LogP contribution in [-0.4, -0.2) is 42.5 Å². The van der Waals surface area contributed by atoms with Crippen LogP contribution in [0, 0.1) is 0 Å². The van der Waals surface area contributed by atoms with Crippen molar-refractivity contribution in [1.82, 2.24) is 4.31 Å². The lowest BCUT2D eigenvalue weighted by Crippen LogP contribution is -2.53. The number of carbonyl (C=O) groups excluding carboxylic acids is 1. The molecular weight excluding hydrogens is 300 g/mol. The van der Waals surface area contributed by atoms with Gasteiger partial charge in [0.2, 0.25) is 15.9 Å². The molecule has 118 valence electrons. The van der Waals surface area contributed by atoms with E-state index in [4.69, 9.17) is 0 Å². The fourth-order valence-electron chi connectivity index (χ4n) is 3.82. The van der Waals surface area contributed by atoms with E-state index >= 15 is 0 Å². The highest BCUT2D eigenvalue weighted by molar-refractivity contribution is 7.90. The third-order valence-corrected chi connectivity index (χ3v) is 7.44. The molecule has 2 aliphatic heterocycles. The average Bonchev–Trinajstić information content (AvgIpc) is 3.29. The first-order valence-electron chi connectivity index (χ1n) is 7.97. The number of hydrogen-bond donors (Lipinski definition) is 0. The van der Waals surface area contributed by atoms with Crippen LogP contribution in [0.5, 0.6) is 0 Å². The summed E-state index contributed by atoms with van der Waals surface area (Å²) in [5.41, 5.74) is 0.882. The lowest BCUT2D eigenvalue weighted by atomic mass is 9.96. The van der Waals surface area contributed by atoms with Crippen molar-refractivity contribution in [1.29, 1.82) is 0 Å². The number of nitrogens with zero attached hydrogens (tertiary/aromatic N) is 2. The summed E-state index contributed by atoms with van der Waals surface area (Å²) in [6, 6.07) is 9.55. The smallest absolute Gasteiger partial charge is 0.227 e. The van der Waals surface area contributed by atoms with Gasteiger partial charge in [-0.15, -0.1) is 0 Å². The van der Waals surface area contributed by atoms with E-state index in [1.54, 1.807) is 4.31 Å². The zero-order valence-corrected chi connectivity index (χ0v) is 13.2. The Hall–Kier alpha value is -1.40. The van der Waals surface area contributed by atoms with Gasteiger partial charge in [-0.2, -0.15) is 4.31 Å². The number of hydrogen-bond acceptors (Lipinski definition) is 3. The van der Waals surface area contributed by atoms with Gasteiger partial charge in [0.05, 0.1) is 11.3 Å². The number of sulfonamides is 1. The van der Waals surface area contributed by atoms with Crippen LogP contribution in [0.15, 0.2) is 30.3 Å². The Kier molecular flexibility index (Phi) is 3.27. The molecule has 4 rings (SSSR count). The lowest BCUT2D eigenvalue weighted by molar-refractivity contribution is -0.120. The molecule has 3 aliphatic rings. The van der Waals surface area contributed by atoms with Crippen LogP contribution < -0.4 is 4.90 Å². The molecule has 1 aromatic rings. The highest BCUT2D eigenvalue weighted by Gasteiger charge is 2.51. The number of rotatable bonds is 3. The third-order valence-electron chi connectivity index (χ3n) is 5.02. The van der Waals surface area contributed by atoms with Crippen molar-refractivity contribution in [2.75, 3.05) is 11.4 Å². The Balaban J connectivity index is 1.65. The standard InChI is InChI=1S/C16H20N2O3S/c19-16-9-8-14-15(18(16)12-4-2-1-3-5-12)10-11-17(14)22(20,21)13-6-7-13/h1-5,13-15H,6-11H2/t14-,15-/m0/s1. The molecule has 5 nitrogen and oxygen atoms in total. The molecule has 0 unspecified atom stereocenters. The molecule has 22 heavy (non-hydrogen) atoms. The molecule has 0 bridgehead atoms. The molecule has 2 saturated heterocycles. The van der Waals surface area contributed by atoms with Gasteiger partial charge >= 0.3 is 0 Å². The van der Waals surface area contributed by atoms with E-state index in [9.17, 15) is 13.2 Å². The molecule has 3 fully saturated rings. The monoisotopic (exact) mass is 320 g/mol. The maximum atomic E-state index is 12.6. The summed E-state index contributed by atoms with van der Waals surface area (Å²) >= 11 is 0. The molecule has 0 N–H and O–H groups in total. The van der Waals surface area contributed by atoms with E-state index in [1.165, 1.54) is 0 Å². The van der Waals surface area contributed by atoms with Gasteiger partial charge in [0, 0.05) is 24.7 Å². The molecule has 6 heteroatoms. The number of benzene rings is 1. The molecule has 0 radical (unpaired) electrons. The first-order chi connectivity index (χ1) is 10.6. The van der Waals surface area contributed by atoms with Crippen molar-refractivity contribution in [3.63, 3.8) is 0 Å². The Labute approximate surface area is 131 Å². The molecule has 1 saturated carbocycles. The van der Waals surface area contributed by atoms with Gasteiger partial charge < -0.3 is 4.90 Å². The summed E-state index contributed by atoms with van der Waals surface area (Å²) in [6.07, 6.45) is 3.39. The fraction of sp³-hybridized carbons (Fsp3) is 0.562. The number of carbonyl (C=O) groups is 1. The zero-order valence-electron chi connectivity index (χ0n) is 12.4. The highest BCUT2D eigenvalue weighted by Crippen LogP contribution is 2.40. The molecular formula is C16H20N2O3S. The van der Waals surface area contributed by atoms with Crippen molar-refractivity contribution in [2.24, 2.45) is 0 Å². The molecule has 1 amide bonds. The minimum Gasteiger partial charge on any atom is -0.308 e. The number of fused-ring (bicyclic) bond motifs is 1. The lowest BCUT2D eigenvalue weighted by Gasteiger charge is -2.39. The van der Waals surface area contributed by atoms with Crippen LogP contribution in [0.1, 0.15) is 32.1 Å². The van der Waals surface area contributed by atoms with Crippen molar-refractivity contribution in [3.8, 4) is 0 Å². The predicted molar refractivity (Wildman–Crippen MR) is 84.0 cm³/mol. The molecule has 0 spiro atoms. The second-order valence-corrected chi connectivity index (χ2v) is 8.58. The van der Waals surface area contributed by atoms with Crippen molar-refractivity contribution in [2.45, 2.75) is 49.4 Å². The maximum Gasteiger partial charge on any atom is 0.227 e. The average molecular weight is 320 g/mol. The molecule has 1 aliphatic carbocycles. The van der Waals surface area contributed by atoms with Crippen LogP contribution in [0.2, 0.25) is 0 Å². The number of amides is 1. The summed E-state index contributed by atoms with van der Waals surface area (Å²) in [7, 11) is -3.16. The third kappa shape index (κ3) is 2.16.